The lowest BCUT2D eigenvalue weighted by Gasteiger charge is -2.31. The van der Waals surface area contributed by atoms with Crippen LogP contribution in [0.4, 0.5) is 0 Å². The standard InChI is InChI=1S/C24H28N2O5S/c1-30-21-8-6-18(7-9-21)12-15-32(28,29)25-17-19-10-13-26(14-11-19)24(27)23-16-20-4-2-3-5-22(20)31-23/h2-9,16,19,25H,10-15,17H2,1H3. The first-order valence-corrected chi connectivity index (χ1v) is 12.5. The Kier molecular flexibility index (Phi) is 6.81. The Hall–Kier alpha value is -2.84. The zero-order valence-corrected chi connectivity index (χ0v) is 18.9. The molecule has 1 aliphatic heterocycles. The number of carbonyl (C=O) groups is 1. The summed E-state index contributed by atoms with van der Waals surface area (Å²) >= 11 is 0. The van der Waals surface area contributed by atoms with E-state index in [-0.39, 0.29) is 17.6 Å². The summed E-state index contributed by atoms with van der Waals surface area (Å²) in [5.41, 5.74) is 1.66. The first kappa shape index (κ1) is 22.4. The van der Waals surface area contributed by atoms with Gasteiger partial charge in [0.25, 0.3) is 5.91 Å². The first-order valence-electron chi connectivity index (χ1n) is 10.8. The number of amides is 1. The number of rotatable bonds is 8. The third-order valence-corrected chi connectivity index (χ3v) is 7.30. The lowest BCUT2D eigenvalue weighted by molar-refractivity contribution is 0.0662. The van der Waals surface area contributed by atoms with Crippen LogP contribution in [-0.2, 0) is 16.4 Å². The molecule has 1 aliphatic rings. The van der Waals surface area contributed by atoms with Crippen molar-refractivity contribution in [1.29, 1.82) is 0 Å². The molecule has 1 amide bonds. The topological polar surface area (TPSA) is 88.9 Å². The molecule has 0 atom stereocenters. The summed E-state index contributed by atoms with van der Waals surface area (Å²) in [4.78, 5) is 14.6. The van der Waals surface area contributed by atoms with Crippen molar-refractivity contribution in [2.45, 2.75) is 19.3 Å². The molecule has 1 fully saturated rings. The fourth-order valence-corrected chi connectivity index (χ4v) is 5.08. The minimum atomic E-state index is -3.36. The van der Waals surface area contributed by atoms with Crippen LogP contribution >= 0.6 is 0 Å². The zero-order valence-electron chi connectivity index (χ0n) is 18.1. The molecule has 8 heteroatoms. The van der Waals surface area contributed by atoms with Crippen molar-refractivity contribution in [2.75, 3.05) is 32.5 Å². The molecule has 32 heavy (non-hydrogen) atoms. The van der Waals surface area contributed by atoms with E-state index in [1.165, 1.54) is 0 Å². The van der Waals surface area contributed by atoms with Crippen molar-refractivity contribution in [1.82, 2.24) is 9.62 Å². The Morgan fingerprint density at radius 2 is 1.84 bits per heavy atom. The maximum absolute atomic E-state index is 12.8. The van der Waals surface area contributed by atoms with Gasteiger partial charge in [0, 0.05) is 25.0 Å². The molecule has 0 saturated carbocycles. The molecule has 1 aromatic heterocycles. The number of para-hydroxylation sites is 1. The molecule has 0 aliphatic carbocycles. The summed E-state index contributed by atoms with van der Waals surface area (Å²) in [5, 5.41) is 0.912. The zero-order chi connectivity index (χ0) is 22.6. The lowest BCUT2D eigenvalue weighted by Crippen LogP contribution is -2.41. The van der Waals surface area contributed by atoms with Crippen LogP contribution in [0.25, 0.3) is 11.0 Å². The number of benzene rings is 2. The van der Waals surface area contributed by atoms with Gasteiger partial charge in [0.1, 0.15) is 11.3 Å². The van der Waals surface area contributed by atoms with Crippen molar-refractivity contribution in [3.05, 3.63) is 65.9 Å². The van der Waals surface area contributed by atoms with Crippen LogP contribution in [0.1, 0.15) is 29.0 Å². The highest BCUT2D eigenvalue weighted by atomic mass is 32.2. The fourth-order valence-electron chi connectivity index (χ4n) is 3.94. The average molecular weight is 457 g/mol. The molecule has 0 unspecified atom stereocenters. The molecule has 0 radical (unpaired) electrons. The number of fused-ring (bicyclic) bond motifs is 1. The van der Waals surface area contributed by atoms with Crippen LogP contribution in [0.2, 0.25) is 0 Å². The van der Waals surface area contributed by atoms with Gasteiger partial charge in [0.2, 0.25) is 10.0 Å². The number of carbonyl (C=O) groups excluding carboxylic acids is 1. The van der Waals surface area contributed by atoms with E-state index < -0.39 is 10.0 Å². The van der Waals surface area contributed by atoms with Crippen LogP contribution in [-0.4, -0.2) is 51.7 Å². The number of aryl methyl sites for hydroxylation is 1. The molecular formula is C24H28N2O5S. The highest BCUT2D eigenvalue weighted by Gasteiger charge is 2.26. The average Bonchev–Trinajstić information content (AvgIpc) is 3.26. The largest absolute Gasteiger partial charge is 0.497 e. The van der Waals surface area contributed by atoms with Gasteiger partial charge < -0.3 is 14.1 Å². The third kappa shape index (κ3) is 5.49. The molecule has 2 heterocycles. The number of likely N-dealkylation sites (tertiary alicyclic amines) is 1. The second kappa shape index (κ2) is 9.75. The van der Waals surface area contributed by atoms with Crippen molar-refractivity contribution < 1.29 is 22.4 Å². The Morgan fingerprint density at radius 1 is 1.12 bits per heavy atom. The van der Waals surface area contributed by atoms with Crippen molar-refractivity contribution in [2.24, 2.45) is 5.92 Å². The van der Waals surface area contributed by atoms with Gasteiger partial charge in [-0.25, -0.2) is 13.1 Å². The molecule has 170 valence electrons. The number of sulfonamides is 1. The monoisotopic (exact) mass is 456 g/mol. The van der Waals surface area contributed by atoms with Crippen LogP contribution in [0.15, 0.2) is 59.0 Å². The quantitative estimate of drug-likeness (QED) is 0.561. The van der Waals surface area contributed by atoms with E-state index in [1.807, 2.05) is 48.5 Å². The highest BCUT2D eigenvalue weighted by Crippen LogP contribution is 2.23. The first-order chi connectivity index (χ1) is 15.4. The molecule has 0 spiro atoms. The molecule has 3 aromatic rings. The Bertz CT molecular complexity index is 1130. The lowest BCUT2D eigenvalue weighted by atomic mass is 9.97. The summed E-state index contributed by atoms with van der Waals surface area (Å²) in [6, 6.07) is 16.7. The molecular weight excluding hydrogens is 428 g/mol. The van der Waals surface area contributed by atoms with E-state index in [2.05, 4.69) is 4.72 Å². The number of ether oxygens (including phenoxy) is 1. The number of hydrogen-bond donors (Lipinski definition) is 1. The molecule has 2 aromatic carbocycles. The van der Waals surface area contributed by atoms with E-state index in [4.69, 9.17) is 9.15 Å². The number of furan rings is 1. The molecule has 4 rings (SSSR count). The summed E-state index contributed by atoms with van der Waals surface area (Å²) in [6.45, 7) is 1.58. The second-order valence-corrected chi connectivity index (χ2v) is 10.1. The van der Waals surface area contributed by atoms with Crippen LogP contribution < -0.4 is 9.46 Å². The van der Waals surface area contributed by atoms with Crippen molar-refractivity contribution in [3.63, 3.8) is 0 Å². The molecule has 0 bridgehead atoms. The smallest absolute Gasteiger partial charge is 0.289 e. The number of nitrogens with one attached hydrogen (secondary N) is 1. The normalized spacial score (nSPS) is 15.2. The summed E-state index contributed by atoms with van der Waals surface area (Å²) in [5.74, 6) is 1.25. The maximum Gasteiger partial charge on any atom is 0.289 e. The van der Waals surface area contributed by atoms with E-state index in [1.54, 1.807) is 18.1 Å². The van der Waals surface area contributed by atoms with E-state index in [9.17, 15) is 13.2 Å². The fraction of sp³-hybridized carbons (Fsp3) is 0.375. The second-order valence-electron chi connectivity index (χ2n) is 8.15. The van der Waals surface area contributed by atoms with Gasteiger partial charge in [-0.05, 0) is 55.0 Å². The van der Waals surface area contributed by atoms with Gasteiger partial charge in [-0.3, -0.25) is 4.79 Å². The van der Waals surface area contributed by atoms with Gasteiger partial charge >= 0.3 is 0 Å². The predicted octanol–water partition coefficient (Wildman–Crippen LogP) is 3.46. The molecule has 7 nitrogen and oxygen atoms in total. The van der Waals surface area contributed by atoms with E-state index in [0.29, 0.717) is 37.4 Å². The summed E-state index contributed by atoms with van der Waals surface area (Å²) in [6.07, 6.45) is 1.96. The maximum atomic E-state index is 12.8. The van der Waals surface area contributed by atoms with Gasteiger partial charge in [0.05, 0.1) is 12.9 Å². The Morgan fingerprint density at radius 3 is 2.53 bits per heavy atom. The van der Waals surface area contributed by atoms with E-state index in [0.717, 1.165) is 29.5 Å². The number of piperidine rings is 1. The Balaban J connectivity index is 1.23. The van der Waals surface area contributed by atoms with Crippen molar-refractivity contribution in [3.8, 4) is 5.75 Å². The van der Waals surface area contributed by atoms with Gasteiger partial charge in [-0.15, -0.1) is 0 Å². The van der Waals surface area contributed by atoms with Crippen molar-refractivity contribution >= 4 is 26.9 Å². The minimum absolute atomic E-state index is 0.0444. The van der Waals surface area contributed by atoms with Gasteiger partial charge in [-0.2, -0.15) is 0 Å². The van der Waals surface area contributed by atoms with Crippen LogP contribution in [0.3, 0.4) is 0 Å². The van der Waals surface area contributed by atoms with Crippen LogP contribution in [0, 0.1) is 5.92 Å². The summed E-state index contributed by atoms with van der Waals surface area (Å²) in [7, 11) is -1.76. The van der Waals surface area contributed by atoms with Crippen LogP contribution in [0.5, 0.6) is 5.75 Å². The summed E-state index contributed by atoms with van der Waals surface area (Å²) < 4.78 is 38.3. The third-order valence-electron chi connectivity index (χ3n) is 5.95. The molecule has 1 saturated heterocycles. The SMILES string of the molecule is COc1ccc(CCS(=O)(=O)NCC2CCN(C(=O)c3cc4ccccc4o3)CC2)cc1. The van der Waals surface area contributed by atoms with Gasteiger partial charge in [-0.1, -0.05) is 30.3 Å². The minimum Gasteiger partial charge on any atom is -0.497 e. The molecule has 1 N–H and O–H groups in total. The number of methoxy groups -OCH3 is 1. The predicted molar refractivity (Wildman–Crippen MR) is 123 cm³/mol. The Labute approximate surface area is 188 Å². The van der Waals surface area contributed by atoms with E-state index >= 15 is 0 Å². The number of nitrogens with zero attached hydrogens (tertiary/aromatic N) is 1. The highest BCUT2D eigenvalue weighted by molar-refractivity contribution is 7.89. The number of hydrogen-bond acceptors (Lipinski definition) is 5. The van der Waals surface area contributed by atoms with Gasteiger partial charge in [0.15, 0.2) is 5.76 Å².